The SMILES string of the molecule is Cl.NCCCCCCC(=O)NCCNC(=O)c1cccc(Br)c1. The van der Waals surface area contributed by atoms with E-state index in [1.807, 2.05) is 12.1 Å². The number of hydrogen-bond donors (Lipinski definition) is 3. The average molecular weight is 407 g/mol. The Labute approximate surface area is 152 Å². The highest BCUT2D eigenvalue weighted by Crippen LogP contribution is 2.11. The lowest BCUT2D eigenvalue weighted by Gasteiger charge is -2.07. The van der Waals surface area contributed by atoms with Crippen LogP contribution in [0.5, 0.6) is 0 Å². The fraction of sp³-hybridized carbons (Fsp3) is 0.500. The standard InChI is InChI=1S/C16H24BrN3O2.ClH/c17-14-7-5-6-13(12-14)16(22)20-11-10-19-15(21)8-3-1-2-4-9-18;/h5-7,12H,1-4,8-11,18H2,(H,19,21)(H,20,22);1H. The van der Waals surface area contributed by atoms with Crippen molar-refractivity contribution in [1.29, 1.82) is 0 Å². The van der Waals surface area contributed by atoms with Crippen LogP contribution in [0.25, 0.3) is 0 Å². The summed E-state index contributed by atoms with van der Waals surface area (Å²) in [4.78, 5) is 23.4. The second-order valence-electron chi connectivity index (χ2n) is 5.07. The highest BCUT2D eigenvalue weighted by Gasteiger charge is 2.05. The van der Waals surface area contributed by atoms with Crippen molar-refractivity contribution in [2.45, 2.75) is 32.1 Å². The third kappa shape index (κ3) is 10.3. The molecule has 0 aliphatic heterocycles. The lowest BCUT2D eigenvalue weighted by Crippen LogP contribution is -2.34. The van der Waals surface area contributed by atoms with Crippen molar-refractivity contribution in [3.8, 4) is 0 Å². The molecule has 5 nitrogen and oxygen atoms in total. The van der Waals surface area contributed by atoms with Gasteiger partial charge in [-0.1, -0.05) is 34.8 Å². The number of benzene rings is 1. The minimum absolute atomic E-state index is 0. The Morgan fingerprint density at radius 3 is 2.43 bits per heavy atom. The van der Waals surface area contributed by atoms with Gasteiger partial charge in [-0.25, -0.2) is 0 Å². The number of nitrogens with one attached hydrogen (secondary N) is 2. The largest absolute Gasteiger partial charge is 0.354 e. The summed E-state index contributed by atoms with van der Waals surface area (Å²) in [6.07, 6.45) is 4.54. The number of rotatable bonds is 10. The monoisotopic (exact) mass is 405 g/mol. The molecule has 0 unspecified atom stereocenters. The van der Waals surface area contributed by atoms with Gasteiger partial charge >= 0.3 is 0 Å². The van der Waals surface area contributed by atoms with Gasteiger partial charge in [0.2, 0.25) is 5.91 Å². The van der Waals surface area contributed by atoms with Gasteiger partial charge in [0.15, 0.2) is 0 Å². The van der Waals surface area contributed by atoms with Crippen LogP contribution in [-0.2, 0) is 4.79 Å². The second-order valence-corrected chi connectivity index (χ2v) is 5.98. The highest BCUT2D eigenvalue weighted by atomic mass is 79.9. The molecule has 0 aliphatic carbocycles. The lowest BCUT2D eigenvalue weighted by molar-refractivity contribution is -0.121. The maximum Gasteiger partial charge on any atom is 0.251 e. The van der Waals surface area contributed by atoms with E-state index in [1.54, 1.807) is 12.1 Å². The highest BCUT2D eigenvalue weighted by molar-refractivity contribution is 9.10. The first-order chi connectivity index (χ1) is 10.6. The Morgan fingerprint density at radius 1 is 1.04 bits per heavy atom. The second kappa shape index (κ2) is 13.3. The van der Waals surface area contributed by atoms with Crippen LogP contribution in [0, 0.1) is 0 Å². The molecule has 0 saturated carbocycles. The number of unbranched alkanes of at least 4 members (excludes halogenated alkanes) is 3. The maximum atomic E-state index is 11.9. The topological polar surface area (TPSA) is 84.2 Å². The minimum Gasteiger partial charge on any atom is -0.354 e. The summed E-state index contributed by atoms with van der Waals surface area (Å²) >= 11 is 3.33. The first-order valence-corrected chi connectivity index (χ1v) is 8.43. The van der Waals surface area contributed by atoms with E-state index in [4.69, 9.17) is 5.73 Å². The summed E-state index contributed by atoms with van der Waals surface area (Å²) in [5, 5.41) is 5.58. The number of nitrogens with two attached hydrogens (primary N) is 1. The third-order valence-electron chi connectivity index (χ3n) is 3.18. The molecule has 7 heteroatoms. The smallest absolute Gasteiger partial charge is 0.251 e. The van der Waals surface area contributed by atoms with E-state index in [-0.39, 0.29) is 24.2 Å². The van der Waals surface area contributed by atoms with Crippen LogP contribution in [0.1, 0.15) is 42.5 Å². The van der Waals surface area contributed by atoms with Crippen LogP contribution >= 0.6 is 28.3 Å². The zero-order chi connectivity index (χ0) is 16.2. The molecule has 0 radical (unpaired) electrons. The molecule has 1 aromatic rings. The predicted molar refractivity (Wildman–Crippen MR) is 98.9 cm³/mol. The summed E-state index contributed by atoms with van der Waals surface area (Å²) in [7, 11) is 0. The molecule has 0 saturated heterocycles. The van der Waals surface area contributed by atoms with Gasteiger partial charge in [-0.2, -0.15) is 0 Å². The Morgan fingerprint density at radius 2 is 1.74 bits per heavy atom. The summed E-state index contributed by atoms with van der Waals surface area (Å²) in [6.45, 7) is 1.58. The van der Waals surface area contributed by atoms with Gasteiger partial charge in [0.05, 0.1) is 0 Å². The van der Waals surface area contributed by atoms with Crippen LogP contribution in [0.2, 0.25) is 0 Å². The predicted octanol–water partition coefficient (Wildman–Crippen LogP) is 2.63. The normalized spacial score (nSPS) is 9.83. The van der Waals surface area contributed by atoms with E-state index in [9.17, 15) is 9.59 Å². The molecular formula is C16H25BrClN3O2. The average Bonchev–Trinajstić information content (AvgIpc) is 2.51. The van der Waals surface area contributed by atoms with E-state index in [1.165, 1.54) is 0 Å². The van der Waals surface area contributed by atoms with Gasteiger partial charge in [-0.3, -0.25) is 9.59 Å². The molecule has 0 heterocycles. The molecule has 130 valence electrons. The molecule has 0 aromatic heterocycles. The first-order valence-electron chi connectivity index (χ1n) is 7.64. The molecule has 0 aliphatic rings. The van der Waals surface area contributed by atoms with Crippen LogP contribution in [-0.4, -0.2) is 31.4 Å². The van der Waals surface area contributed by atoms with Crippen molar-refractivity contribution < 1.29 is 9.59 Å². The summed E-state index contributed by atoms with van der Waals surface area (Å²) in [5.41, 5.74) is 6.01. The van der Waals surface area contributed by atoms with E-state index >= 15 is 0 Å². The van der Waals surface area contributed by atoms with E-state index in [2.05, 4.69) is 26.6 Å². The molecule has 1 aromatic carbocycles. The van der Waals surface area contributed by atoms with Crippen molar-refractivity contribution in [3.63, 3.8) is 0 Å². The Hall–Kier alpha value is -1.11. The maximum absolute atomic E-state index is 11.9. The molecule has 0 spiro atoms. The number of hydrogen-bond acceptors (Lipinski definition) is 3. The van der Waals surface area contributed by atoms with Gasteiger partial charge < -0.3 is 16.4 Å². The van der Waals surface area contributed by atoms with Gasteiger partial charge in [-0.05, 0) is 37.6 Å². The summed E-state index contributed by atoms with van der Waals surface area (Å²) < 4.78 is 0.864. The third-order valence-corrected chi connectivity index (χ3v) is 3.67. The van der Waals surface area contributed by atoms with E-state index in [0.717, 1.165) is 30.2 Å². The van der Waals surface area contributed by atoms with Crippen LogP contribution in [0.15, 0.2) is 28.7 Å². The summed E-state index contributed by atoms with van der Waals surface area (Å²) in [5.74, 6) is -0.109. The molecule has 1 rings (SSSR count). The van der Waals surface area contributed by atoms with Crippen LogP contribution < -0.4 is 16.4 Å². The lowest BCUT2D eigenvalue weighted by atomic mass is 10.1. The van der Waals surface area contributed by atoms with Gasteiger partial charge in [-0.15, -0.1) is 12.4 Å². The van der Waals surface area contributed by atoms with Crippen LogP contribution in [0.3, 0.4) is 0 Å². The summed E-state index contributed by atoms with van der Waals surface area (Å²) in [6, 6.07) is 7.19. The van der Waals surface area contributed by atoms with Gasteiger partial charge in [0.1, 0.15) is 0 Å². The zero-order valence-electron chi connectivity index (χ0n) is 13.1. The molecule has 23 heavy (non-hydrogen) atoms. The molecule has 0 fully saturated rings. The van der Waals surface area contributed by atoms with Crippen molar-refractivity contribution in [2.75, 3.05) is 19.6 Å². The Balaban J connectivity index is 0.00000484. The molecule has 2 amide bonds. The van der Waals surface area contributed by atoms with Crippen LogP contribution in [0.4, 0.5) is 0 Å². The fourth-order valence-corrected chi connectivity index (χ4v) is 2.38. The molecular weight excluding hydrogens is 382 g/mol. The number of halogens is 2. The number of amides is 2. The first kappa shape index (κ1) is 21.9. The van der Waals surface area contributed by atoms with E-state index in [0.29, 0.717) is 31.6 Å². The van der Waals surface area contributed by atoms with Crippen molar-refractivity contribution in [3.05, 3.63) is 34.3 Å². The van der Waals surface area contributed by atoms with Gasteiger partial charge in [0.25, 0.3) is 5.91 Å². The Bertz CT molecular complexity index is 486. The number of carbonyl (C=O) groups is 2. The number of carbonyl (C=O) groups excluding carboxylic acids is 2. The molecule has 4 N–H and O–H groups in total. The quantitative estimate of drug-likeness (QED) is 0.522. The van der Waals surface area contributed by atoms with Gasteiger partial charge in [0, 0.05) is 29.5 Å². The molecule has 0 bridgehead atoms. The zero-order valence-corrected chi connectivity index (χ0v) is 15.5. The minimum atomic E-state index is -0.141. The van der Waals surface area contributed by atoms with Crippen molar-refractivity contribution in [1.82, 2.24) is 10.6 Å². The van der Waals surface area contributed by atoms with Crippen molar-refractivity contribution in [2.24, 2.45) is 5.73 Å². The van der Waals surface area contributed by atoms with Crippen molar-refractivity contribution >= 4 is 40.2 Å². The molecule has 0 atom stereocenters. The fourth-order valence-electron chi connectivity index (χ4n) is 1.98. The Kier molecular flexibility index (Phi) is 12.7. The van der Waals surface area contributed by atoms with E-state index < -0.39 is 0 Å².